The Morgan fingerprint density at radius 2 is 2.11 bits per heavy atom. The minimum Gasteiger partial charge on any atom is -0.312 e. The molecule has 0 spiro atoms. The van der Waals surface area contributed by atoms with E-state index in [4.69, 9.17) is 0 Å². The van der Waals surface area contributed by atoms with Crippen molar-refractivity contribution in [2.45, 2.75) is 13.0 Å². The Morgan fingerprint density at radius 3 is 2.74 bits per heavy atom. The van der Waals surface area contributed by atoms with Crippen LogP contribution in [0, 0.1) is 16.0 Å². The summed E-state index contributed by atoms with van der Waals surface area (Å²) in [7, 11) is -2.86. The number of nitrogens with zero attached hydrogens (tertiary/aromatic N) is 1. The van der Waals surface area contributed by atoms with Crippen molar-refractivity contribution in [2.24, 2.45) is 5.92 Å². The molecule has 0 radical (unpaired) electrons. The molecule has 1 atom stereocenters. The molecule has 104 valence electrons. The third-order valence-electron chi connectivity index (χ3n) is 3.26. The molecule has 1 aromatic rings. The lowest BCUT2D eigenvalue weighted by atomic mass is 10.1. The Hall–Kier alpha value is -1.47. The second kappa shape index (κ2) is 5.66. The van der Waals surface area contributed by atoms with Gasteiger partial charge in [-0.05, 0) is 18.9 Å². The summed E-state index contributed by atoms with van der Waals surface area (Å²) in [6.07, 6.45) is 0.673. The van der Waals surface area contributed by atoms with E-state index < -0.39 is 14.8 Å². The van der Waals surface area contributed by atoms with Gasteiger partial charge in [0.05, 0.1) is 16.4 Å². The lowest BCUT2D eigenvalue weighted by molar-refractivity contribution is -0.385. The van der Waals surface area contributed by atoms with E-state index in [1.807, 2.05) is 0 Å². The van der Waals surface area contributed by atoms with E-state index in [2.05, 4.69) is 5.32 Å². The van der Waals surface area contributed by atoms with Crippen LogP contribution in [0.15, 0.2) is 24.3 Å². The van der Waals surface area contributed by atoms with Crippen molar-refractivity contribution < 1.29 is 13.3 Å². The van der Waals surface area contributed by atoms with Crippen LogP contribution >= 0.6 is 0 Å². The number of hydrogen-bond acceptors (Lipinski definition) is 5. The van der Waals surface area contributed by atoms with E-state index in [9.17, 15) is 18.5 Å². The monoisotopic (exact) mass is 284 g/mol. The van der Waals surface area contributed by atoms with Crippen LogP contribution in [-0.2, 0) is 16.4 Å². The topological polar surface area (TPSA) is 89.3 Å². The van der Waals surface area contributed by atoms with Gasteiger partial charge in [-0.1, -0.05) is 18.2 Å². The van der Waals surface area contributed by atoms with E-state index in [1.54, 1.807) is 18.2 Å². The lowest BCUT2D eigenvalue weighted by Crippen LogP contribution is -2.23. The van der Waals surface area contributed by atoms with Crippen molar-refractivity contribution in [1.29, 1.82) is 0 Å². The van der Waals surface area contributed by atoms with Crippen LogP contribution in [0.4, 0.5) is 5.69 Å². The molecule has 1 N–H and O–H groups in total. The zero-order valence-electron chi connectivity index (χ0n) is 10.4. The summed E-state index contributed by atoms with van der Waals surface area (Å²) in [5.41, 5.74) is 0.711. The molecule has 1 aliphatic heterocycles. The quantitative estimate of drug-likeness (QED) is 0.646. The highest BCUT2D eigenvalue weighted by Gasteiger charge is 2.27. The van der Waals surface area contributed by atoms with Crippen LogP contribution in [0.25, 0.3) is 0 Å². The summed E-state index contributed by atoms with van der Waals surface area (Å²) in [6.45, 7) is 0.957. The van der Waals surface area contributed by atoms with Gasteiger partial charge in [-0.15, -0.1) is 0 Å². The van der Waals surface area contributed by atoms with Crippen molar-refractivity contribution in [1.82, 2.24) is 5.32 Å². The molecular formula is C12H16N2O4S. The summed E-state index contributed by atoms with van der Waals surface area (Å²) < 4.78 is 22.6. The van der Waals surface area contributed by atoms with Gasteiger partial charge in [0.2, 0.25) is 0 Å². The van der Waals surface area contributed by atoms with Gasteiger partial charge in [-0.3, -0.25) is 10.1 Å². The molecule has 1 unspecified atom stereocenters. The van der Waals surface area contributed by atoms with Gasteiger partial charge in [0.1, 0.15) is 0 Å². The highest BCUT2D eigenvalue weighted by Crippen LogP contribution is 2.19. The smallest absolute Gasteiger partial charge is 0.273 e. The fourth-order valence-corrected chi connectivity index (χ4v) is 4.14. The summed E-state index contributed by atoms with van der Waals surface area (Å²) in [6, 6.07) is 6.56. The molecule has 0 bridgehead atoms. The number of nitro groups is 1. The standard InChI is InChI=1S/C12H16N2O4S/c15-14(16)12-4-2-1-3-11(12)8-13-7-10-5-6-19(17,18)9-10/h1-4,10,13H,5-9H2. The van der Waals surface area contributed by atoms with Crippen LogP contribution < -0.4 is 5.32 Å². The normalized spacial score (nSPS) is 21.4. The largest absolute Gasteiger partial charge is 0.312 e. The minimum atomic E-state index is -2.86. The third kappa shape index (κ3) is 3.74. The Balaban J connectivity index is 1.88. The van der Waals surface area contributed by atoms with Crippen molar-refractivity contribution in [2.75, 3.05) is 18.1 Å². The SMILES string of the molecule is O=[N+]([O-])c1ccccc1CNCC1CCS(=O)(=O)C1. The molecule has 7 heteroatoms. The number of rotatable bonds is 5. The molecule has 0 aromatic heterocycles. The molecule has 1 fully saturated rings. The van der Waals surface area contributed by atoms with Gasteiger partial charge < -0.3 is 5.32 Å². The zero-order chi connectivity index (χ0) is 13.9. The molecule has 2 rings (SSSR count). The van der Waals surface area contributed by atoms with Crippen LogP contribution in [0.5, 0.6) is 0 Å². The minimum absolute atomic E-state index is 0.0917. The first-order valence-electron chi connectivity index (χ1n) is 6.11. The number of hydrogen-bond donors (Lipinski definition) is 1. The van der Waals surface area contributed by atoms with Crippen molar-refractivity contribution in [3.8, 4) is 0 Å². The predicted octanol–water partition coefficient (Wildman–Crippen LogP) is 1.12. The van der Waals surface area contributed by atoms with Crippen molar-refractivity contribution in [3.63, 3.8) is 0 Å². The lowest BCUT2D eigenvalue weighted by Gasteiger charge is -2.09. The van der Waals surface area contributed by atoms with Gasteiger partial charge in [0, 0.05) is 18.2 Å². The van der Waals surface area contributed by atoms with E-state index in [0.717, 1.165) is 0 Å². The highest BCUT2D eigenvalue weighted by atomic mass is 32.2. The third-order valence-corrected chi connectivity index (χ3v) is 5.10. The molecule has 0 aliphatic carbocycles. The fourth-order valence-electron chi connectivity index (χ4n) is 2.28. The Morgan fingerprint density at radius 1 is 1.37 bits per heavy atom. The fraction of sp³-hybridized carbons (Fsp3) is 0.500. The Labute approximate surface area is 111 Å². The molecule has 0 amide bonds. The first-order chi connectivity index (χ1) is 8.98. The zero-order valence-corrected chi connectivity index (χ0v) is 11.2. The molecule has 1 saturated heterocycles. The average molecular weight is 284 g/mol. The van der Waals surface area contributed by atoms with Gasteiger partial charge in [0.25, 0.3) is 5.69 Å². The second-order valence-corrected chi connectivity index (χ2v) is 7.01. The molecule has 1 heterocycles. The van der Waals surface area contributed by atoms with Gasteiger partial charge >= 0.3 is 0 Å². The number of nitro benzene ring substituents is 1. The number of nitrogens with one attached hydrogen (secondary N) is 1. The van der Waals surface area contributed by atoms with Crippen LogP contribution in [-0.4, -0.2) is 31.4 Å². The number of benzene rings is 1. The second-order valence-electron chi connectivity index (χ2n) is 4.79. The predicted molar refractivity (Wildman–Crippen MR) is 71.6 cm³/mol. The Bertz CT molecular complexity index is 571. The number of para-hydroxylation sites is 1. The van der Waals surface area contributed by atoms with Gasteiger partial charge in [-0.2, -0.15) is 0 Å². The summed E-state index contributed by atoms with van der Waals surface area (Å²) in [5.74, 6) is 0.592. The summed E-state index contributed by atoms with van der Waals surface area (Å²) >= 11 is 0. The highest BCUT2D eigenvalue weighted by molar-refractivity contribution is 7.91. The van der Waals surface area contributed by atoms with Crippen LogP contribution in [0.3, 0.4) is 0 Å². The molecule has 6 nitrogen and oxygen atoms in total. The molecule has 19 heavy (non-hydrogen) atoms. The Kier molecular flexibility index (Phi) is 4.16. The van der Waals surface area contributed by atoms with E-state index in [0.29, 0.717) is 25.1 Å². The molecule has 1 aromatic carbocycles. The molecule has 0 saturated carbocycles. The molecular weight excluding hydrogens is 268 g/mol. The first kappa shape index (κ1) is 14.0. The van der Waals surface area contributed by atoms with E-state index in [-0.39, 0.29) is 23.1 Å². The summed E-state index contributed by atoms with van der Waals surface area (Å²) in [5, 5.41) is 13.9. The average Bonchev–Trinajstić information content (AvgIpc) is 2.69. The summed E-state index contributed by atoms with van der Waals surface area (Å²) in [4.78, 5) is 10.4. The maximum absolute atomic E-state index is 11.3. The molecule has 1 aliphatic rings. The van der Waals surface area contributed by atoms with Crippen molar-refractivity contribution >= 4 is 15.5 Å². The van der Waals surface area contributed by atoms with Crippen molar-refractivity contribution in [3.05, 3.63) is 39.9 Å². The van der Waals surface area contributed by atoms with Gasteiger partial charge in [0.15, 0.2) is 9.84 Å². The van der Waals surface area contributed by atoms with E-state index in [1.165, 1.54) is 6.07 Å². The first-order valence-corrected chi connectivity index (χ1v) is 7.93. The van der Waals surface area contributed by atoms with Gasteiger partial charge in [-0.25, -0.2) is 8.42 Å². The van der Waals surface area contributed by atoms with Crippen LogP contribution in [0.2, 0.25) is 0 Å². The van der Waals surface area contributed by atoms with Crippen LogP contribution in [0.1, 0.15) is 12.0 Å². The van der Waals surface area contributed by atoms with E-state index >= 15 is 0 Å². The number of sulfone groups is 1. The maximum Gasteiger partial charge on any atom is 0.273 e. The maximum atomic E-state index is 11.3.